The molecule has 2 unspecified atom stereocenters. The summed E-state index contributed by atoms with van der Waals surface area (Å²) in [5.74, 6) is 0. The van der Waals surface area contributed by atoms with Gasteiger partial charge in [-0.1, -0.05) is 37.3 Å². The molecule has 1 aliphatic heterocycles. The predicted molar refractivity (Wildman–Crippen MR) is 51.7 cm³/mol. The Kier molecular flexibility index (Phi) is 0.914. The van der Waals surface area contributed by atoms with Crippen molar-refractivity contribution < 1.29 is 1.43 Å². The molecule has 3 aliphatic rings. The van der Waals surface area contributed by atoms with E-state index in [1.54, 1.807) is 0 Å². The smallest absolute Gasteiger partial charge is 0.0695 e. The summed E-state index contributed by atoms with van der Waals surface area (Å²) in [5.41, 5.74) is 2.08. The maximum absolute atomic E-state index is 3.61. The van der Waals surface area contributed by atoms with Crippen molar-refractivity contribution in [3.05, 3.63) is 36.1 Å². The second kappa shape index (κ2) is 1.68. The van der Waals surface area contributed by atoms with Crippen LogP contribution in [0.3, 0.4) is 0 Å². The van der Waals surface area contributed by atoms with Crippen LogP contribution in [-0.2, 0) is 0 Å². The van der Waals surface area contributed by atoms with Crippen molar-refractivity contribution in [2.75, 3.05) is 0 Å². The zero-order valence-corrected chi connectivity index (χ0v) is 7.30. The van der Waals surface area contributed by atoms with Crippen LogP contribution < -0.4 is 5.32 Å². The van der Waals surface area contributed by atoms with E-state index in [-0.39, 0.29) is 1.43 Å². The van der Waals surface area contributed by atoms with Gasteiger partial charge in [0.05, 0.1) is 5.54 Å². The largest absolute Gasteiger partial charge is 0.378 e. The molecule has 0 amide bonds. The Balaban J connectivity index is 0.000000653. The minimum absolute atomic E-state index is 0. The van der Waals surface area contributed by atoms with Gasteiger partial charge in [-0.05, 0) is 12.8 Å². The van der Waals surface area contributed by atoms with Crippen LogP contribution in [0.25, 0.3) is 0 Å². The van der Waals surface area contributed by atoms with Crippen molar-refractivity contribution in [1.29, 1.82) is 0 Å². The lowest BCUT2D eigenvalue weighted by Crippen LogP contribution is -2.28. The van der Waals surface area contributed by atoms with Gasteiger partial charge < -0.3 is 5.32 Å². The fourth-order valence-electron chi connectivity index (χ4n) is 2.54. The number of allylic oxidation sites excluding steroid dienone is 3. The number of hydrogen-bond acceptors (Lipinski definition) is 1. The fourth-order valence-corrected chi connectivity index (χ4v) is 2.54. The first-order valence-corrected chi connectivity index (χ1v) is 4.67. The molecule has 0 saturated heterocycles. The number of nitrogens with one attached hydrogen (secondary N) is 1. The van der Waals surface area contributed by atoms with Gasteiger partial charge in [-0.2, -0.15) is 0 Å². The molecule has 64 valence electrons. The van der Waals surface area contributed by atoms with Gasteiger partial charge in [0.2, 0.25) is 0 Å². The number of hydrogen-bond donors (Lipinski definition) is 1. The van der Waals surface area contributed by atoms with Crippen LogP contribution in [0.5, 0.6) is 0 Å². The topological polar surface area (TPSA) is 12.0 Å². The molecule has 1 fully saturated rings. The summed E-state index contributed by atoms with van der Waals surface area (Å²) >= 11 is 0. The Bertz CT molecular complexity index is 329. The van der Waals surface area contributed by atoms with Crippen LogP contribution >= 0.6 is 0 Å². The lowest BCUT2D eigenvalue weighted by Gasteiger charge is -2.15. The van der Waals surface area contributed by atoms with Crippen LogP contribution in [0, 0.1) is 5.41 Å². The molecule has 1 heteroatoms. The molecule has 1 N–H and O–H groups in total. The molecule has 0 bridgehead atoms. The SMILES string of the molecule is CCC1=CC23C=CC=CC2(C3)N1.[HH]. The van der Waals surface area contributed by atoms with Gasteiger partial charge in [0.1, 0.15) is 0 Å². The van der Waals surface area contributed by atoms with Gasteiger partial charge in [-0.25, -0.2) is 0 Å². The Labute approximate surface area is 74.3 Å². The van der Waals surface area contributed by atoms with Crippen LogP contribution in [0.15, 0.2) is 36.1 Å². The highest BCUT2D eigenvalue weighted by molar-refractivity contribution is 5.52. The van der Waals surface area contributed by atoms with Gasteiger partial charge in [0.15, 0.2) is 0 Å². The Hall–Kier alpha value is -0.980. The highest BCUT2D eigenvalue weighted by atomic mass is 15.1. The predicted octanol–water partition coefficient (Wildman–Crippen LogP) is 2.38. The molecular weight excluding hydrogens is 146 g/mol. The van der Waals surface area contributed by atoms with Gasteiger partial charge in [0.25, 0.3) is 0 Å². The molecular formula is C11H15N. The van der Waals surface area contributed by atoms with Crippen LogP contribution in [0.2, 0.25) is 0 Å². The van der Waals surface area contributed by atoms with E-state index in [1.165, 1.54) is 12.1 Å². The quantitative estimate of drug-likeness (QED) is 0.622. The lowest BCUT2D eigenvalue weighted by molar-refractivity contribution is 0.623. The van der Waals surface area contributed by atoms with Crippen molar-refractivity contribution in [1.82, 2.24) is 5.32 Å². The highest BCUT2D eigenvalue weighted by Gasteiger charge is 2.67. The molecule has 1 heterocycles. The maximum Gasteiger partial charge on any atom is 0.0695 e. The molecule has 2 aliphatic carbocycles. The van der Waals surface area contributed by atoms with Crippen molar-refractivity contribution >= 4 is 0 Å². The lowest BCUT2D eigenvalue weighted by atomic mass is 9.97. The first-order chi connectivity index (χ1) is 5.80. The van der Waals surface area contributed by atoms with Crippen molar-refractivity contribution in [2.45, 2.75) is 25.3 Å². The molecule has 0 aromatic carbocycles. The van der Waals surface area contributed by atoms with Crippen molar-refractivity contribution in [3.63, 3.8) is 0 Å². The highest BCUT2D eigenvalue weighted by Crippen LogP contribution is 2.64. The van der Waals surface area contributed by atoms with E-state index in [4.69, 9.17) is 0 Å². The zero-order chi connectivity index (χ0) is 8.23. The van der Waals surface area contributed by atoms with Gasteiger partial charge in [-0.3, -0.25) is 0 Å². The third-order valence-electron chi connectivity index (χ3n) is 3.36. The van der Waals surface area contributed by atoms with E-state index in [1.807, 2.05) is 0 Å². The normalized spacial score (nSPS) is 46.2. The van der Waals surface area contributed by atoms with Crippen LogP contribution in [0.4, 0.5) is 0 Å². The van der Waals surface area contributed by atoms with E-state index in [0.717, 1.165) is 6.42 Å². The third kappa shape index (κ3) is 0.532. The first kappa shape index (κ1) is 6.53. The van der Waals surface area contributed by atoms with Gasteiger partial charge in [0, 0.05) is 12.5 Å². The van der Waals surface area contributed by atoms with E-state index in [2.05, 4.69) is 42.6 Å². The number of rotatable bonds is 1. The molecule has 3 rings (SSSR count). The molecule has 0 aromatic heterocycles. The Morgan fingerprint density at radius 2 is 2.33 bits per heavy atom. The Morgan fingerprint density at radius 3 is 3.08 bits per heavy atom. The molecule has 12 heavy (non-hydrogen) atoms. The summed E-state index contributed by atoms with van der Waals surface area (Å²) in [5, 5.41) is 3.61. The summed E-state index contributed by atoms with van der Waals surface area (Å²) in [7, 11) is 0. The summed E-state index contributed by atoms with van der Waals surface area (Å²) in [6, 6.07) is 0. The molecule has 1 nitrogen and oxygen atoms in total. The Morgan fingerprint density at radius 1 is 1.50 bits per heavy atom. The molecule has 1 saturated carbocycles. The molecule has 0 radical (unpaired) electrons. The summed E-state index contributed by atoms with van der Waals surface area (Å²) in [6.07, 6.45) is 13.8. The second-order valence-corrected chi connectivity index (χ2v) is 4.05. The average molecular weight is 161 g/mol. The third-order valence-corrected chi connectivity index (χ3v) is 3.36. The van der Waals surface area contributed by atoms with Crippen LogP contribution in [0.1, 0.15) is 21.2 Å². The standard InChI is InChI=1S/C11H13N.H2/c1-2-9-7-10-5-3-4-6-11(10,8-10)12-9;/h3-7,12H,2,8H2,1H3;1H. The van der Waals surface area contributed by atoms with E-state index in [0.29, 0.717) is 11.0 Å². The molecule has 0 aromatic rings. The second-order valence-electron chi connectivity index (χ2n) is 4.05. The van der Waals surface area contributed by atoms with Crippen molar-refractivity contribution in [3.8, 4) is 0 Å². The molecule has 2 atom stereocenters. The summed E-state index contributed by atoms with van der Waals surface area (Å²) in [6.45, 7) is 2.20. The summed E-state index contributed by atoms with van der Waals surface area (Å²) < 4.78 is 0. The van der Waals surface area contributed by atoms with E-state index < -0.39 is 0 Å². The van der Waals surface area contributed by atoms with Crippen LogP contribution in [-0.4, -0.2) is 5.54 Å². The van der Waals surface area contributed by atoms with E-state index >= 15 is 0 Å². The van der Waals surface area contributed by atoms with Gasteiger partial charge in [-0.15, -0.1) is 0 Å². The summed E-state index contributed by atoms with van der Waals surface area (Å²) in [4.78, 5) is 0. The average Bonchev–Trinajstić information content (AvgIpc) is 2.62. The van der Waals surface area contributed by atoms with E-state index in [9.17, 15) is 0 Å². The zero-order valence-electron chi connectivity index (χ0n) is 7.30. The fraction of sp³-hybridized carbons (Fsp3) is 0.455. The molecule has 0 spiro atoms. The minimum atomic E-state index is 0. The van der Waals surface area contributed by atoms with Crippen molar-refractivity contribution in [2.24, 2.45) is 5.41 Å². The van der Waals surface area contributed by atoms with Gasteiger partial charge >= 0.3 is 0 Å². The monoisotopic (exact) mass is 161 g/mol. The maximum atomic E-state index is 3.61. The minimum Gasteiger partial charge on any atom is -0.378 e. The first-order valence-electron chi connectivity index (χ1n) is 4.67.